The molecule has 2 atom stereocenters. The molecule has 1 saturated heterocycles. The number of amides is 2. The number of carboxylic acid groups (broad SMARTS) is 1. The lowest BCUT2D eigenvalue weighted by Crippen LogP contribution is -2.43. The zero-order valence-corrected chi connectivity index (χ0v) is 12.7. The Morgan fingerprint density at radius 2 is 2.00 bits per heavy atom. The van der Waals surface area contributed by atoms with Crippen molar-refractivity contribution in [3.63, 3.8) is 0 Å². The molecule has 0 aromatic carbocycles. The Kier molecular flexibility index (Phi) is 4.86. The van der Waals surface area contributed by atoms with Crippen LogP contribution in [-0.2, 0) is 14.4 Å². The molecule has 6 nitrogen and oxygen atoms in total. The van der Waals surface area contributed by atoms with Crippen LogP contribution in [0.4, 0.5) is 13.2 Å². The molecule has 2 rings (SSSR count). The quantitative estimate of drug-likeness (QED) is 0.788. The average molecular weight is 336 g/mol. The van der Waals surface area contributed by atoms with Crippen molar-refractivity contribution in [2.24, 2.45) is 11.8 Å². The Morgan fingerprint density at radius 1 is 1.39 bits per heavy atom. The fraction of sp³-hybridized carbons (Fsp3) is 0.786. The van der Waals surface area contributed by atoms with Gasteiger partial charge >= 0.3 is 12.1 Å². The highest BCUT2D eigenvalue weighted by Crippen LogP contribution is 2.32. The number of likely N-dealkylation sites (tertiary alicyclic amines) is 1. The fourth-order valence-electron chi connectivity index (χ4n) is 2.72. The summed E-state index contributed by atoms with van der Waals surface area (Å²) in [6.45, 7) is -0.129. The normalized spacial score (nSPS) is 23.0. The molecule has 0 unspecified atom stereocenters. The number of nitrogens with zero attached hydrogens (tertiary/aromatic N) is 2. The standard InChI is InChI=1S/C14H19F3N2O4/c1-8(13(22)23)5-19(10-2-3-10)12(21)9-4-11(20)18(6-9)7-14(15,16)17/h8-10H,2-7H2,1H3,(H,22,23)/t8-,9+/m1/s1. The van der Waals surface area contributed by atoms with Gasteiger partial charge in [-0.05, 0) is 12.8 Å². The second-order valence-corrected chi connectivity index (χ2v) is 6.25. The molecule has 0 aromatic rings. The lowest BCUT2D eigenvalue weighted by atomic mass is 10.1. The van der Waals surface area contributed by atoms with Gasteiger partial charge in [-0.15, -0.1) is 0 Å². The number of halogens is 3. The van der Waals surface area contributed by atoms with Crippen LogP contribution >= 0.6 is 0 Å². The lowest BCUT2D eigenvalue weighted by Gasteiger charge is -2.27. The highest BCUT2D eigenvalue weighted by atomic mass is 19.4. The van der Waals surface area contributed by atoms with Crippen LogP contribution < -0.4 is 0 Å². The summed E-state index contributed by atoms with van der Waals surface area (Å²) in [7, 11) is 0. The van der Waals surface area contributed by atoms with Gasteiger partial charge in [-0.2, -0.15) is 13.2 Å². The summed E-state index contributed by atoms with van der Waals surface area (Å²) in [6.07, 6.45) is -3.24. The monoisotopic (exact) mass is 336 g/mol. The average Bonchev–Trinajstić information content (AvgIpc) is 3.19. The first-order valence-corrected chi connectivity index (χ1v) is 7.46. The molecule has 1 aliphatic heterocycles. The van der Waals surface area contributed by atoms with Gasteiger partial charge in [0.1, 0.15) is 6.54 Å². The Labute approximate surface area is 131 Å². The molecule has 2 amide bonds. The third-order valence-corrected chi connectivity index (χ3v) is 4.10. The predicted molar refractivity (Wildman–Crippen MR) is 72.3 cm³/mol. The first-order chi connectivity index (χ1) is 10.6. The molecule has 0 aromatic heterocycles. The van der Waals surface area contributed by atoms with Crippen molar-refractivity contribution < 1.29 is 32.7 Å². The molecule has 2 fully saturated rings. The van der Waals surface area contributed by atoms with E-state index in [1.54, 1.807) is 0 Å². The third kappa shape index (κ3) is 4.59. The minimum Gasteiger partial charge on any atom is -0.481 e. The molecule has 1 N–H and O–H groups in total. The van der Waals surface area contributed by atoms with Crippen molar-refractivity contribution in [3.05, 3.63) is 0 Å². The third-order valence-electron chi connectivity index (χ3n) is 4.10. The first kappa shape index (κ1) is 17.6. The Hall–Kier alpha value is -1.80. The van der Waals surface area contributed by atoms with Gasteiger partial charge in [0.25, 0.3) is 0 Å². The van der Waals surface area contributed by atoms with Gasteiger partial charge in [0.05, 0.1) is 11.8 Å². The van der Waals surface area contributed by atoms with Gasteiger partial charge < -0.3 is 14.9 Å². The summed E-state index contributed by atoms with van der Waals surface area (Å²) in [6, 6.07) is -0.0592. The van der Waals surface area contributed by atoms with Gasteiger partial charge in [-0.3, -0.25) is 14.4 Å². The van der Waals surface area contributed by atoms with Crippen molar-refractivity contribution in [1.29, 1.82) is 0 Å². The Morgan fingerprint density at radius 3 is 2.48 bits per heavy atom. The number of hydrogen-bond acceptors (Lipinski definition) is 3. The topological polar surface area (TPSA) is 77.9 Å². The maximum Gasteiger partial charge on any atom is 0.406 e. The zero-order chi connectivity index (χ0) is 17.4. The van der Waals surface area contributed by atoms with Crippen LogP contribution in [0.25, 0.3) is 0 Å². The second kappa shape index (κ2) is 6.37. The molecular formula is C14H19F3N2O4. The van der Waals surface area contributed by atoms with E-state index in [2.05, 4.69) is 0 Å². The van der Waals surface area contributed by atoms with Crippen molar-refractivity contribution in [2.75, 3.05) is 19.6 Å². The van der Waals surface area contributed by atoms with Crippen LogP contribution in [0.5, 0.6) is 0 Å². The number of carbonyl (C=O) groups excluding carboxylic acids is 2. The molecule has 2 aliphatic rings. The molecule has 9 heteroatoms. The van der Waals surface area contributed by atoms with Crippen molar-refractivity contribution in [2.45, 2.75) is 38.4 Å². The number of alkyl halides is 3. The van der Waals surface area contributed by atoms with Crippen molar-refractivity contribution >= 4 is 17.8 Å². The van der Waals surface area contributed by atoms with Gasteiger partial charge in [0.2, 0.25) is 11.8 Å². The van der Waals surface area contributed by atoms with E-state index >= 15 is 0 Å². The fourth-order valence-corrected chi connectivity index (χ4v) is 2.72. The molecular weight excluding hydrogens is 317 g/mol. The minimum absolute atomic E-state index is 0.0167. The van der Waals surface area contributed by atoms with Gasteiger partial charge in [-0.1, -0.05) is 6.92 Å². The predicted octanol–water partition coefficient (Wildman–Crippen LogP) is 1.11. The number of carbonyl (C=O) groups is 3. The molecule has 0 spiro atoms. The SMILES string of the molecule is C[C@H](CN(C(=O)[C@H]1CC(=O)N(CC(F)(F)F)C1)C1CC1)C(=O)O. The molecule has 23 heavy (non-hydrogen) atoms. The van der Waals surface area contributed by atoms with Crippen LogP contribution in [0.15, 0.2) is 0 Å². The van der Waals surface area contributed by atoms with Crippen molar-refractivity contribution in [3.8, 4) is 0 Å². The van der Waals surface area contributed by atoms with Crippen LogP contribution in [0.2, 0.25) is 0 Å². The number of rotatable bonds is 6. The largest absolute Gasteiger partial charge is 0.481 e. The summed E-state index contributed by atoms with van der Waals surface area (Å²) in [5.41, 5.74) is 0. The molecule has 1 aliphatic carbocycles. The summed E-state index contributed by atoms with van der Waals surface area (Å²) < 4.78 is 37.2. The summed E-state index contributed by atoms with van der Waals surface area (Å²) >= 11 is 0. The zero-order valence-electron chi connectivity index (χ0n) is 12.7. The molecule has 1 heterocycles. The number of aliphatic carboxylic acids is 1. The van der Waals surface area contributed by atoms with E-state index < -0.39 is 42.3 Å². The summed E-state index contributed by atoms with van der Waals surface area (Å²) in [4.78, 5) is 37.2. The molecule has 1 saturated carbocycles. The van der Waals surface area contributed by atoms with E-state index in [0.29, 0.717) is 4.90 Å². The van der Waals surface area contributed by atoms with Crippen LogP contribution in [-0.4, -0.2) is 64.5 Å². The first-order valence-electron chi connectivity index (χ1n) is 7.46. The molecule has 130 valence electrons. The van der Waals surface area contributed by atoms with Crippen LogP contribution in [0.3, 0.4) is 0 Å². The van der Waals surface area contributed by atoms with Gasteiger partial charge in [0.15, 0.2) is 0 Å². The van der Waals surface area contributed by atoms with Crippen LogP contribution in [0.1, 0.15) is 26.2 Å². The Balaban J connectivity index is 2.01. The van der Waals surface area contributed by atoms with E-state index in [1.165, 1.54) is 11.8 Å². The molecule has 0 bridgehead atoms. The maximum atomic E-state index is 12.5. The minimum atomic E-state index is -4.50. The second-order valence-electron chi connectivity index (χ2n) is 6.25. The number of carboxylic acids is 1. The number of hydrogen-bond donors (Lipinski definition) is 1. The van der Waals surface area contributed by atoms with E-state index in [1.807, 2.05) is 0 Å². The molecule has 0 radical (unpaired) electrons. The van der Waals surface area contributed by atoms with E-state index in [-0.39, 0.29) is 25.6 Å². The maximum absolute atomic E-state index is 12.5. The highest BCUT2D eigenvalue weighted by molar-refractivity contribution is 5.89. The summed E-state index contributed by atoms with van der Waals surface area (Å²) in [5.74, 6) is -3.74. The van der Waals surface area contributed by atoms with E-state index in [9.17, 15) is 27.6 Å². The van der Waals surface area contributed by atoms with Crippen LogP contribution in [0, 0.1) is 11.8 Å². The Bertz CT molecular complexity index is 505. The van der Waals surface area contributed by atoms with E-state index in [4.69, 9.17) is 5.11 Å². The van der Waals surface area contributed by atoms with Gasteiger partial charge in [0, 0.05) is 25.6 Å². The summed E-state index contributed by atoms with van der Waals surface area (Å²) in [5, 5.41) is 8.97. The van der Waals surface area contributed by atoms with Crippen molar-refractivity contribution in [1.82, 2.24) is 9.80 Å². The smallest absolute Gasteiger partial charge is 0.406 e. The van der Waals surface area contributed by atoms with Gasteiger partial charge in [-0.25, -0.2) is 0 Å². The highest BCUT2D eigenvalue weighted by Gasteiger charge is 2.44. The van der Waals surface area contributed by atoms with E-state index in [0.717, 1.165) is 12.8 Å². The lowest BCUT2D eigenvalue weighted by molar-refractivity contribution is -0.157.